The lowest BCUT2D eigenvalue weighted by atomic mass is 10.2. The van der Waals surface area contributed by atoms with Crippen molar-refractivity contribution in [2.45, 2.75) is 13.0 Å². The Bertz CT molecular complexity index is 604. The van der Waals surface area contributed by atoms with Crippen molar-refractivity contribution in [1.29, 1.82) is 0 Å². The lowest BCUT2D eigenvalue weighted by Gasteiger charge is -2.32. The van der Waals surface area contributed by atoms with Crippen LogP contribution in [0.15, 0.2) is 18.2 Å². The third-order valence-corrected chi connectivity index (χ3v) is 3.47. The number of hydrogen-bond acceptors (Lipinski definition) is 7. The molecule has 1 N–H and O–H groups in total. The highest BCUT2D eigenvalue weighted by atomic mass is 16.6. The summed E-state index contributed by atoms with van der Waals surface area (Å²) < 4.78 is 14.6. The van der Waals surface area contributed by atoms with Gasteiger partial charge in [0.25, 0.3) is 6.47 Å². The summed E-state index contributed by atoms with van der Waals surface area (Å²) in [5.74, 6) is -0.503. The van der Waals surface area contributed by atoms with Crippen LogP contribution in [0.5, 0.6) is 11.5 Å². The number of rotatable bonds is 4. The Morgan fingerprint density at radius 1 is 1.39 bits per heavy atom. The van der Waals surface area contributed by atoms with Crippen molar-refractivity contribution in [1.82, 2.24) is 10.2 Å². The van der Waals surface area contributed by atoms with Crippen LogP contribution in [0, 0.1) is 0 Å². The van der Waals surface area contributed by atoms with Crippen LogP contribution in [0.25, 0.3) is 0 Å². The first-order valence-corrected chi connectivity index (χ1v) is 7.08. The summed E-state index contributed by atoms with van der Waals surface area (Å²) in [6.07, 6.45) is -0.501. The molecule has 0 radical (unpaired) electrons. The number of hydrogen-bond donors (Lipinski definition) is 1. The molecule has 8 nitrogen and oxygen atoms in total. The smallest absolute Gasteiger partial charge is 0.415 e. The molecule has 0 spiro atoms. The molecule has 1 atom stereocenters. The number of carbonyl (C=O) groups excluding carboxylic acids is 3. The standard InChI is InChI=1S/C15H18N2O6/c1-10-8-16-5-6-17(10)15(20)23-11-3-4-13(22-9-18)12(7-11)14(19)21-2/h3-4,7,9-10,16H,5-6,8H2,1-2H3. The maximum absolute atomic E-state index is 12.2. The van der Waals surface area contributed by atoms with E-state index in [1.54, 1.807) is 4.90 Å². The van der Waals surface area contributed by atoms with Crippen molar-refractivity contribution in [3.05, 3.63) is 23.8 Å². The van der Waals surface area contributed by atoms with Crippen molar-refractivity contribution >= 4 is 18.5 Å². The van der Waals surface area contributed by atoms with E-state index in [1.807, 2.05) is 6.92 Å². The van der Waals surface area contributed by atoms with Gasteiger partial charge in [-0.25, -0.2) is 9.59 Å². The molecule has 0 aliphatic carbocycles. The van der Waals surface area contributed by atoms with Gasteiger partial charge in [-0.1, -0.05) is 0 Å². The molecular weight excluding hydrogens is 304 g/mol. The number of benzene rings is 1. The van der Waals surface area contributed by atoms with Gasteiger partial charge in [0, 0.05) is 25.7 Å². The molecule has 2 rings (SSSR count). The molecular formula is C15H18N2O6. The van der Waals surface area contributed by atoms with Gasteiger partial charge in [0.05, 0.1) is 7.11 Å². The van der Waals surface area contributed by atoms with Gasteiger partial charge in [-0.3, -0.25) is 4.79 Å². The number of methoxy groups -OCH3 is 1. The lowest BCUT2D eigenvalue weighted by molar-refractivity contribution is -0.120. The van der Waals surface area contributed by atoms with Crippen LogP contribution in [0.2, 0.25) is 0 Å². The molecule has 23 heavy (non-hydrogen) atoms. The van der Waals surface area contributed by atoms with Crippen LogP contribution in [0.1, 0.15) is 17.3 Å². The summed E-state index contributed by atoms with van der Waals surface area (Å²) in [5.41, 5.74) is -0.00161. The first kappa shape index (κ1) is 16.8. The minimum Gasteiger partial charge on any atom is -0.465 e. The van der Waals surface area contributed by atoms with E-state index in [2.05, 4.69) is 10.1 Å². The second-order valence-corrected chi connectivity index (χ2v) is 4.98. The van der Waals surface area contributed by atoms with Crippen LogP contribution >= 0.6 is 0 Å². The summed E-state index contributed by atoms with van der Waals surface area (Å²) in [4.78, 5) is 36.0. The fourth-order valence-electron chi connectivity index (χ4n) is 2.27. The lowest BCUT2D eigenvalue weighted by Crippen LogP contribution is -2.53. The van der Waals surface area contributed by atoms with Crippen LogP contribution < -0.4 is 14.8 Å². The van der Waals surface area contributed by atoms with Crippen LogP contribution in [0.3, 0.4) is 0 Å². The van der Waals surface area contributed by atoms with Crippen molar-refractivity contribution in [3.63, 3.8) is 0 Å². The van der Waals surface area contributed by atoms with E-state index in [0.29, 0.717) is 19.6 Å². The van der Waals surface area contributed by atoms with Gasteiger partial charge >= 0.3 is 12.1 Å². The number of esters is 1. The fraction of sp³-hybridized carbons (Fsp3) is 0.400. The van der Waals surface area contributed by atoms with E-state index in [-0.39, 0.29) is 29.6 Å². The monoisotopic (exact) mass is 322 g/mol. The van der Waals surface area contributed by atoms with E-state index in [0.717, 1.165) is 0 Å². The Hall–Kier alpha value is -2.61. The number of amides is 1. The topological polar surface area (TPSA) is 94.2 Å². The summed E-state index contributed by atoms with van der Waals surface area (Å²) in [7, 11) is 1.20. The number of piperazine rings is 1. The van der Waals surface area contributed by atoms with Crippen LogP contribution in [0.4, 0.5) is 4.79 Å². The Balaban J connectivity index is 2.17. The zero-order valence-corrected chi connectivity index (χ0v) is 12.9. The molecule has 1 aromatic rings. The second kappa shape index (κ2) is 7.59. The predicted molar refractivity (Wildman–Crippen MR) is 79.5 cm³/mol. The Morgan fingerprint density at radius 3 is 2.83 bits per heavy atom. The highest BCUT2D eigenvalue weighted by Gasteiger charge is 2.25. The SMILES string of the molecule is COC(=O)c1cc(OC(=O)N2CCNCC2C)ccc1OC=O. The van der Waals surface area contributed by atoms with E-state index >= 15 is 0 Å². The van der Waals surface area contributed by atoms with Gasteiger partial charge in [-0.2, -0.15) is 0 Å². The highest BCUT2D eigenvalue weighted by Crippen LogP contribution is 2.25. The normalized spacial score (nSPS) is 17.3. The van der Waals surface area contributed by atoms with Gasteiger partial charge in [0.1, 0.15) is 17.1 Å². The van der Waals surface area contributed by atoms with Crippen molar-refractivity contribution in [2.75, 3.05) is 26.7 Å². The largest absolute Gasteiger partial charge is 0.465 e. The summed E-state index contributed by atoms with van der Waals surface area (Å²) in [6.45, 7) is 4.04. The maximum atomic E-state index is 12.2. The Kier molecular flexibility index (Phi) is 5.53. The quantitative estimate of drug-likeness (QED) is 0.647. The molecule has 1 amide bonds. The molecule has 0 aromatic heterocycles. The molecule has 1 heterocycles. The zero-order chi connectivity index (χ0) is 16.8. The minimum absolute atomic E-state index is 0.00161. The van der Waals surface area contributed by atoms with E-state index < -0.39 is 12.1 Å². The number of ether oxygens (including phenoxy) is 3. The second-order valence-electron chi connectivity index (χ2n) is 4.98. The van der Waals surface area contributed by atoms with Crippen molar-refractivity contribution in [2.24, 2.45) is 0 Å². The molecule has 1 saturated heterocycles. The van der Waals surface area contributed by atoms with Crippen LogP contribution in [-0.2, 0) is 9.53 Å². The van der Waals surface area contributed by atoms with E-state index in [9.17, 15) is 14.4 Å². The van der Waals surface area contributed by atoms with E-state index in [1.165, 1.54) is 25.3 Å². The number of carbonyl (C=O) groups is 3. The molecule has 1 aliphatic heterocycles. The number of nitrogens with zero attached hydrogens (tertiary/aromatic N) is 1. The predicted octanol–water partition coefficient (Wildman–Crippen LogP) is 0.801. The molecule has 124 valence electrons. The first-order valence-electron chi connectivity index (χ1n) is 7.08. The van der Waals surface area contributed by atoms with Crippen molar-refractivity contribution < 1.29 is 28.6 Å². The van der Waals surface area contributed by atoms with E-state index in [4.69, 9.17) is 9.47 Å². The summed E-state index contributed by atoms with van der Waals surface area (Å²) >= 11 is 0. The molecule has 0 bridgehead atoms. The third-order valence-electron chi connectivity index (χ3n) is 3.47. The molecule has 1 aromatic carbocycles. The van der Waals surface area contributed by atoms with Crippen molar-refractivity contribution in [3.8, 4) is 11.5 Å². The average Bonchev–Trinajstić information content (AvgIpc) is 2.56. The highest BCUT2D eigenvalue weighted by molar-refractivity contribution is 5.93. The van der Waals surface area contributed by atoms with Gasteiger partial charge < -0.3 is 24.4 Å². The van der Waals surface area contributed by atoms with Gasteiger partial charge in [-0.15, -0.1) is 0 Å². The number of nitrogens with one attached hydrogen (secondary N) is 1. The molecule has 1 unspecified atom stereocenters. The first-order chi connectivity index (χ1) is 11.1. The van der Waals surface area contributed by atoms with Crippen LogP contribution in [-0.4, -0.2) is 56.2 Å². The minimum atomic E-state index is -0.699. The molecule has 0 saturated carbocycles. The van der Waals surface area contributed by atoms with Gasteiger partial charge in [0.15, 0.2) is 0 Å². The zero-order valence-electron chi connectivity index (χ0n) is 12.9. The maximum Gasteiger partial charge on any atom is 0.415 e. The molecule has 1 aliphatic rings. The summed E-state index contributed by atoms with van der Waals surface area (Å²) in [6, 6.07) is 4.12. The Morgan fingerprint density at radius 2 is 2.17 bits per heavy atom. The Labute approximate surface area is 133 Å². The summed E-state index contributed by atoms with van der Waals surface area (Å²) in [5, 5.41) is 3.18. The average molecular weight is 322 g/mol. The van der Waals surface area contributed by atoms with Gasteiger partial charge in [-0.05, 0) is 25.1 Å². The van der Waals surface area contributed by atoms with Gasteiger partial charge in [0.2, 0.25) is 0 Å². The molecule has 1 fully saturated rings. The fourth-order valence-corrected chi connectivity index (χ4v) is 2.27. The molecule has 8 heteroatoms. The third kappa shape index (κ3) is 3.98.